The van der Waals surface area contributed by atoms with Gasteiger partial charge in [-0.2, -0.15) is 5.26 Å². The van der Waals surface area contributed by atoms with Gasteiger partial charge in [-0.15, -0.1) is 0 Å². The van der Waals surface area contributed by atoms with Gasteiger partial charge in [0.2, 0.25) is 0 Å². The largest absolute Gasteiger partial charge is 0.336 e. The highest BCUT2D eigenvalue weighted by Gasteiger charge is 2.10. The minimum absolute atomic E-state index is 0.288. The lowest BCUT2D eigenvalue weighted by atomic mass is 10.00. The zero-order valence-electron chi connectivity index (χ0n) is 13.0. The number of anilines is 1. The van der Waals surface area contributed by atoms with E-state index in [1.807, 2.05) is 49.2 Å². The van der Waals surface area contributed by atoms with Crippen LogP contribution in [0.2, 0.25) is 0 Å². The van der Waals surface area contributed by atoms with Gasteiger partial charge in [-0.1, -0.05) is 53.2 Å². The van der Waals surface area contributed by atoms with Crippen molar-refractivity contribution >= 4 is 21.6 Å². The predicted molar refractivity (Wildman–Crippen MR) is 94.5 cm³/mol. The summed E-state index contributed by atoms with van der Waals surface area (Å²) in [5.41, 5.74) is 1.71. The minimum Gasteiger partial charge on any atom is -0.336 e. The van der Waals surface area contributed by atoms with E-state index in [1.54, 1.807) is 0 Å². The van der Waals surface area contributed by atoms with Crippen molar-refractivity contribution in [1.29, 1.82) is 5.26 Å². The van der Waals surface area contributed by atoms with E-state index in [2.05, 4.69) is 47.2 Å². The van der Waals surface area contributed by atoms with Gasteiger partial charge in [0, 0.05) is 17.6 Å². The Hall–Kier alpha value is -1.53. The Balaban J connectivity index is 2.91. The average molecular weight is 347 g/mol. The molecule has 0 saturated heterocycles. The highest BCUT2D eigenvalue weighted by Crippen LogP contribution is 2.21. The topological polar surface area (TPSA) is 27.0 Å². The molecule has 1 aromatic carbocycles. The summed E-state index contributed by atoms with van der Waals surface area (Å²) in [7, 11) is 1.93. The van der Waals surface area contributed by atoms with E-state index in [0.29, 0.717) is 10.5 Å². The zero-order valence-corrected chi connectivity index (χ0v) is 14.5. The van der Waals surface area contributed by atoms with Crippen LogP contribution in [-0.2, 0) is 0 Å². The summed E-state index contributed by atoms with van der Waals surface area (Å²) in [6.07, 6.45) is 8.38. The summed E-state index contributed by atoms with van der Waals surface area (Å²) in [5.74, 6) is 0.288. The van der Waals surface area contributed by atoms with E-state index in [0.717, 1.165) is 18.5 Å². The van der Waals surface area contributed by atoms with Crippen LogP contribution in [-0.4, -0.2) is 11.9 Å². The predicted octanol–water partition coefficient (Wildman–Crippen LogP) is 5.29. The average Bonchev–Trinajstić information content (AvgIpc) is 2.50. The molecule has 0 radical (unpaired) electrons. The standard InChI is InChI=1S/C18H23BrN2/c1-4-8-16(12-11-15(2)19)13-18(14-20)21(3)17-9-6-5-7-10-17/h4-10,13,15-16H,11-12H2,1-3H3/b8-4+,18-13+. The minimum atomic E-state index is 0.288. The lowest BCUT2D eigenvalue weighted by Crippen LogP contribution is -2.16. The molecule has 0 spiro atoms. The first-order chi connectivity index (χ1) is 10.1. The number of alkyl halides is 1. The maximum absolute atomic E-state index is 9.46. The maximum Gasteiger partial charge on any atom is 0.117 e. The number of para-hydroxylation sites is 1. The summed E-state index contributed by atoms with van der Waals surface area (Å²) >= 11 is 3.58. The van der Waals surface area contributed by atoms with Crippen LogP contribution in [0.4, 0.5) is 5.69 Å². The number of hydrogen-bond donors (Lipinski definition) is 0. The monoisotopic (exact) mass is 346 g/mol. The fourth-order valence-electron chi connectivity index (χ4n) is 2.12. The number of halogens is 1. The molecular formula is C18H23BrN2. The molecule has 1 aromatic rings. The fraction of sp³-hybridized carbons (Fsp3) is 0.389. The van der Waals surface area contributed by atoms with Crippen molar-refractivity contribution < 1.29 is 0 Å². The number of allylic oxidation sites excluding steroid dienone is 4. The maximum atomic E-state index is 9.46. The van der Waals surface area contributed by atoms with Crippen molar-refractivity contribution in [2.24, 2.45) is 5.92 Å². The molecule has 21 heavy (non-hydrogen) atoms. The third kappa shape index (κ3) is 6.18. The van der Waals surface area contributed by atoms with Crippen molar-refractivity contribution in [3.8, 4) is 6.07 Å². The highest BCUT2D eigenvalue weighted by molar-refractivity contribution is 9.09. The molecular weight excluding hydrogens is 324 g/mol. The quantitative estimate of drug-likeness (QED) is 0.381. The van der Waals surface area contributed by atoms with Gasteiger partial charge in [0.25, 0.3) is 0 Å². The van der Waals surface area contributed by atoms with E-state index >= 15 is 0 Å². The Morgan fingerprint density at radius 3 is 2.52 bits per heavy atom. The second kappa shape index (κ2) is 9.41. The third-order valence-corrected chi connectivity index (χ3v) is 3.79. The zero-order chi connectivity index (χ0) is 15.7. The first-order valence-electron chi connectivity index (χ1n) is 7.26. The van der Waals surface area contributed by atoms with Crippen LogP contribution in [0.5, 0.6) is 0 Å². The van der Waals surface area contributed by atoms with Crippen molar-refractivity contribution in [2.75, 3.05) is 11.9 Å². The van der Waals surface area contributed by atoms with Gasteiger partial charge in [-0.3, -0.25) is 0 Å². The molecule has 0 aliphatic heterocycles. The Labute approximate surface area is 136 Å². The number of nitrogens with zero attached hydrogens (tertiary/aromatic N) is 2. The molecule has 0 bridgehead atoms. The van der Waals surface area contributed by atoms with Gasteiger partial charge < -0.3 is 4.90 Å². The molecule has 0 fully saturated rings. The van der Waals surface area contributed by atoms with Gasteiger partial charge in [0.05, 0.1) is 0 Å². The molecule has 0 aromatic heterocycles. The molecule has 0 aliphatic rings. The van der Waals surface area contributed by atoms with E-state index in [-0.39, 0.29) is 5.92 Å². The Kier molecular flexibility index (Phi) is 7.85. The molecule has 0 N–H and O–H groups in total. The summed E-state index contributed by atoms with van der Waals surface area (Å²) in [6.45, 7) is 4.17. The third-order valence-electron chi connectivity index (χ3n) is 3.33. The molecule has 0 aliphatic carbocycles. The van der Waals surface area contributed by atoms with E-state index in [9.17, 15) is 5.26 Å². The first-order valence-corrected chi connectivity index (χ1v) is 8.17. The van der Waals surface area contributed by atoms with Crippen LogP contribution in [0, 0.1) is 17.2 Å². The molecule has 2 unspecified atom stereocenters. The van der Waals surface area contributed by atoms with E-state index < -0.39 is 0 Å². The molecule has 112 valence electrons. The fourth-order valence-corrected chi connectivity index (χ4v) is 2.39. The molecule has 0 heterocycles. The van der Waals surface area contributed by atoms with Crippen molar-refractivity contribution in [3.05, 3.63) is 54.3 Å². The van der Waals surface area contributed by atoms with Crippen LogP contribution in [0.25, 0.3) is 0 Å². The van der Waals surface area contributed by atoms with Gasteiger partial charge in [0.1, 0.15) is 11.8 Å². The van der Waals surface area contributed by atoms with Gasteiger partial charge in [0.15, 0.2) is 0 Å². The van der Waals surface area contributed by atoms with Crippen LogP contribution >= 0.6 is 15.9 Å². The van der Waals surface area contributed by atoms with Crippen LogP contribution < -0.4 is 4.90 Å². The summed E-state index contributed by atoms with van der Waals surface area (Å²) in [5, 5.41) is 9.46. The summed E-state index contributed by atoms with van der Waals surface area (Å²) in [6, 6.07) is 12.3. The molecule has 3 heteroatoms. The van der Waals surface area contributed by atoms with Crippen molar-refractivity contribution in [3.63, 3.8) is 0 Å². The lowest BCUT2D eigenvalue weighted by molar-refractivity contribution is 0.651. The normalized spacial score (nSPS) is 14.7. The Morgan fingerprint density at radius 1 is 1.33 bits per heavy atom. The summed E-state index contributed by atoms with van der Waals surface area (Å²) < 4.78 is 0. The van der Waals surface area contributed by atoms with E-state index in [1.165, 1.54) is 0 Å². The van der Waals surface area contributed by atoms with E-state index in [4.69, 9.17) is 0 Å². The highest BCUT2D eigenvalue weighted by atomic mass is 79.9. The van der Waals surface area contributed by atoms with Crippen LogP contribution in [0.1, 0.15) is 26.7 Å². The smallest absolute Gasteiger partial charge is 0.117 e. The molecule has 0 amide bonds. The van der Waals surface area contributed by atoms with Crippen LogP contribution in [0.3, 0.4) is 0 Å². The Bertz CT molecular complexity index is 512. The van der Waals surface area contributed by atoms with Gasteiger partial charge in [-0.05, 0) is 43.9 Å². The van der Waals surface area contributed by atoms with Crippen molar-refractivity contribution in [2.45, 2.75) is 31.5 Å². The SMILES string of the molecule is C/C=C/C(/C=C(\C#N)N(C)c1ccccc1)CCC(C)Br. The van der Waals surface area contributed by atoms with Crippen LogP contribution in [0.15, 0.2) is 54.3 Å². The summed E-state index contributed by atoms with van der Waals surface area (Å²) in [4.78, 5) is 2.43. The number of nitriles is 1. The molecule has 1 rings (SSSR count). The second-order valence-electron chi connectivity index (χ2n) is 5.11. The van der Waals surface area contributed by atoms with Gasteiger partial charge in [-0.25, -0.2) is 0 Å². The number of hydrogen-bond acceptors (Lipinski definition) is 2. The Morgan fingerprint density at radius 2 is 2.00 bits per heavy atom. The van der Waals surface area contributed by atoms with Crippen molar-refractivity contribution in [1.82, 2.24) is 0 Å². The molecule has 2 atom stereocenters. The number of benzene rings is 1. The lowest BCUT2D eigenvalue weighted by Gasteiger charge is -2.19. The van der Waals surface area contributed by atoms with Gasteiger partial charge >= 0.3 is 0 Å². The second-order valence-corrected chi connectivity index (χ2v) is 6.67. The molecule has 0 saturated carbocycles. The molecule has 2 nitrogen and oxygen atoms in total. The number of rotatable bonds is 7. The first kappa shape index (κ1) is 17.5.